The zero-order chi connectivity index (χ0) is 22.6. The molecule has 0 bridgehead atoms. The van der Waals surface area contributed by atoms with Gasteiger partial charge in [-0.3, -0.25) is 4.79 Å². The van der Waals surface area contributed by atoms with Crippen molar-refractivity contribution in [1.82, 2.24) is 10.2 Å². The Morgan fingerprint density at radius 1 is 0.788 bits per heavy atom. The number of aromatic nitrogens is 2. The number of piperidine rings is 1. The van der Waals surface area contributed by atoms with E-state index in [0.29, 0.717) is 17.3 Å². The minimum Gasteiger partial charge on any atom is -0.416 e. The maximum atomic E-state index is 12.7. The summed E-state index contributed by atoms with van der Waals surface area (Å²) in [6.07, 6.45) is 3.79. The fourth-order valence-electron chi connectivity index (χ4n) is 4.03. The average molecular weight is 439 g/mol. The molecule has 0 spiro atoms. The molecule has 33 heavy (non-hydrogen) atoms. The fourth-order valence-corrected chi connectivity index (χ4v) is 4.03. The van der Waals surface area contributed by atoms with Crippen molar-refractivity contribution in [3.63, 3.8) is 0 Å². The topological polar surface area (TPSA) is 71.3 Å². The lowest BCUT2D eigenvalue weighted by molar-refractivity contribution is 0.102. The van der Waals surface area contributed by atoms with Crippen molar-refractivity contribution in [3.05, 3.63) is 83.9 Å². The van der Waals surface area contributed by atoms with Gasteiger partial charge in [0, 0.05) is 41.2 Å². The lowest BCUT2D eigenvalue weighted by Crippen LogP contribution is -2.29. The minimum atomic E-state index is -0.154. The summed E-state index contributed by atoms with van der Waals surface area (Å²) in [7, 11) is 0. The van der Waals surface area contributed by atoms with Crippen LogP contribution in [0.3, 0.4) is 0 Å². The number of nitrogens with zero attached hydrogens (tertiary/aromatic N) is 3. The van der Waals surface area contributed by atoms with Gasteiger partial charge in [-0.2, -0.15) is 0 Å². The van der Waals surface area contributed by atoms with Crippen LogP contribution in [0, 0.1) is 6.92 Å². The summed E-state index contributed by atoms with van der Waals surface area (Å²) in [5, 5.41) is 11.3. The predicted molar refractivity (Wildman–Crippen MR) is 130 cm³/mol. The zero-order valence-corrected chi connectivity index (χ0v) is 18.6. The van der Waals surface area contributed by atoms with Gasteiger partial charge in [0.2, 0.25) is 11.8 Å². The third-order valence-electron chi connectivity index (χ3n) is 5.96. The van der Waals surface area contributed by atoms with Crippen molar-refractivity contribution in [3.8, 4) is 22.9 Å². The van der Waals surface area contributed by atoms with Crippen LogP contribution < -0.4 is 10.2 Å². The molecule has 4 aromatic rings. The van der Waals surface area contributed by atoms with E-state index in [9.17, 15) is 4.79 Å². The van der Waals surface area contributed by atoms with E-state index < -0.39 is 0 Å². The minimum absolute atomic E-state index is 0.154. The molecule has 0 radical (unpaired) electrons. The normalized spacial score (nSPS) is 13.7. The molecule has 6 heteroatoms. The number of benzene rings is 3. The summed E-state index contributed by atoms with van der Waals surface area (Å²) < 4.78 is 5.83. The molecule has 1 amide bonds. The third-order valence-corrected chi connectivity index (χ3v) is 5.96. The van der Waals surface area contributed by atoms with Gasteiger partial charge in [-0.05, 0) is 86.8 Å². The second-order valence-electron chi connectivity index (χ2n) is 8.40. The molecule has 1 N–H and O–H groups in total. The first-order valence-electron chi connectivity index (χ1n) is 11.3. The van der Waals surface area contributed by atoms with Crippen LogP contribution in [0.5, 0.6) is 0 Å². The van der Waals surface area contributed by atoms with Crippen LogP contribution in [-0.4, -0.2) is 29.2 Å². The number of hydrogen-bond acceptors (Lipinski definition) is 5. The lowest BCUT2D eigenvalue weighted by atomic mass is 10.1. The Morgan fingerprint density at radius 2 is 1.36 bits per heavy atom. The van der Waals surface area contributed by atoms with Crippen molar-refractivity contribution >= 4 is 17.3 Å². The standard InChI is InChI=1S/C27H26N4O2/c1-19-5-7-21(8-6-19)26-29-30-27(33-26)22-11-9-20(10-12-22)25(32)28-23-13-15-24(16-14-23)31-17-3-2-4-18-31/h5-16H,2-4,17-18H2,1H3,(H,28,32). The summed E-state index contributed by atoms with van der Waals surface area (Å²) in [6.45, 7) is 4.24. The van der Waals surface area contributed by atoms with Gasteiger partial charge in [-0.1, -0.05) is 17.7 Å². The molecule has 5 rings (SSSR count). The molecular weight excluding hydrogens is 412 g/mol. The van der Waals surface area contributed by atoms with Crippen LogP contribution in [-0.2, 0) is 0 Å². The highest BCUT2D eigenvalue weighted by atomic mass is 16.4. The van der Waals surface area contributed by atoms with E-state index in [2.05, 4.69) is 32.5 Å². The highest BCUT2D eigenvalue weighted by Gasteiger charge is 2.13. The number of rotatable bonds is 5. The third kappa shape index (κ3) is 4.80. The molecule has 0 saturated carbocycles. The highest BCUT2D eigenvalue weighted by molar-refractivity contribution is 6.04. The van der Waals surface area contributed by atoms with Gasteiger partial charge in [-0.15, -0.1) is 10.2 Å². The van der Waals surface area contributed by atoms with Crippen LogP contribution in [0.2, 0.25) is 0 Å². The summed E-state index contributed by atoms with van der Waals surface area (Å²) in [5.74, 6) is 0.740. The summed E-state index contributed by atoms with van der Waals surface area (Å²) >= 11 is 0. The molecule has 0 unspecified atom stereocenters. The number of hydrogen-bond donors (Lipinski definition) is 1. The Labute approximate surface area is 193 Å². The molecule has 1 aliphatic rings. The molecule has 1 saturated heterocycles. The Balaban J connectivity index is 1.24. The van der Waals surface area contributed by atoms with E-state index in [1.807, 2.05) is 55.5 Å². The van der Waals surface area contributed by atoms with Gasteiger partial charge in [0.25, 0.3) is 5.91 Å². The van der Waals surface area contributed by atoms with E-state index in [1.165, 1.54) is 30.5 Å². The smallest absolute Gasteiger partial charge is 0.255 e. The lowest BCUT2D eigenvalue weighted by Gasteiger charge is -2.28. The Kier molecular flexibility index (Phi) is 5.89. The molecular formula is C27H26N4O2. The Hall–Kier alpha value is -3.93. The zero-order valence-electron chi connectivity index (χ0n) is 18.6. The van der Waals surface area contributed by atoms with Crippen molar-refractivity contribution in [2.45, 2.75) is 26.2 Å². The quantitative estimate of drug-likeness (QED) is 0.417. The van der Waals surface area contributed by atoms with Crippen LogP contribution >= 0.6 is 0 Å². The number of anilines is 2. The maximum absolute atomic E-state index is 12.7. The molecule has 2 heterocycles. The summed E-state index contributed by atoms with van der Waals surface area (Å²) in [6, 6.07) is 23.2. The predicted octanol–water partition coefficient (Wildman–Crippen LogP) is 5.95. The number of carbonyl (C=O) groups excluding carboxylic acids is 1. The molecule has 0 atom stereocenters. The number of nitrogens with one attached hydrogen (secondary N) is 1. The highest BCUT2D eigenvalue weighted by Crippen LogP contribution is 2.25. The second-order valence-corrected chi connectivity index (χ2v) is 8.40. The molecule has 6 nitrogen and oxygen atoms in total. The first-order valence-corrected chi connectivity index (χ1v) is 11.3. The molecule has 1 fully saturated rings. The van der Waals surface area contributed by atoms with Crippen LogP contribution in [0.4, 0.5) is 11.4 Å². The largest absolute Gasteiger partial charge is 0.416 e. The van der Waals surface area contributed by atoms with Gasteiger partial charge in [0.1, 0.15) is 0 Å². The van der Waals surface area contributed by atoms with E-state index >= 15 is 0 Å². The Morgan fingerprint density at radius 3 is 1.97 bits per heavy atom. The van der Waals surface area contributed by atoms with Gasteiger partial charge in [-0.25, -0.2) is 0 Å². The van der Waals surface area contributed by atoms with E-state index in [0.717, 1.165) is 29.9 Å². The van der Waals surface area contributed by atoms with Gasteiger partial charge in [0.05, 0.1) is 0 Å². The number of amides is 1. The van der Waals surface area contributed by atoms with E-state index in [1.54, 1.807) is 12.1 Å². The maximum Gasteiger partial charge on any atom is 0.255 e. The van der Waals surface area contributed by atoms with Gasteiger partial charge in [0.15, 0.2) is 0 Å². The molecule has 1 aliphatic heterocycles. The molecule has 166 valence electrons. The van der Waals surface area contributed by atoms with Gasteiger partial charge < -0.3 is 14.6 Å². The Bertz CT molecular complexity index is 1220. The molecule has 1 aromatic heterocycles. The first kappa shape index (κ1) is 20.9. The van der Waals surface area contributed by atoms with Crippen LogP contribution in [0.1, 0.15) is 35.2 Å². The van der Waals surface area contributed by atoms with Crippen LogP contribution in [0.25, 0.3) is 22.9 Å². The van der Waals surface area contributed by atoms with Crippen molar-refractivity contribution in [2.75, 3.05) is 23.3 Å². The summed E-state index contributed by atoms with van der Waals surface area (Å²) in [5.41, 5.74) is 5.37. The van der Waals surface area contributed by atoms with Crippen molar-refractivity contribution in [1.29, 1.82) is 0 Å². The second kappa shape index (κ2) is 9.28. The van der Waals surface area contributed by atoms with E-state index in [-0.39, 0.29) is 5.91 Å². The summed E-state index contributed by atoms with van der Waals surface area (Å²) in [4.78, 5) is 15.1. The van der Waals surface area contributed by atoms with Crippen molar-refractivity contribution in [2.24, 2.45) is 0 Å². The van der Waals surface area contributed by atoms with Crippen LogP contribution in [0.15, 0.2) is 77.2 Å². The van der Waals surface area contributed by atoms with Crippen molar-refractivity contribution < 1.29 is 9.21 Å². The monoisotopic (exact) mass is 438 g/mol. The van der Waals surface area contributed by atoms with Gasteiger partial charge >= 0.3 is 0 Å². The first-order chi connectivity index (χ1) is 16.2. The average Bonchev–Trinajstić information content (AvgIpc) is 3.36. The fraction of sp³-hybridized carbons (Fsp3) is 0.222. The molecule has 0 aliphatic carbocycles. The molecule has 3 aromatic carbocycles. The number of aryl methyl sites for hydroxylation is 1. The SMILES string of the molecule is Cc1ccc(-c2nnc(-c3ccc(C(=O)Nc4ccc(N5CCCCC5)cc4)cc3)o2)cc1. The number of carbonyl (C=O) groups is 1. The van der Waals surface area contributed by atoms with E-state index in [4.69, 9.17) is 4.42 Å².